The molecule has 1 aromatic carbocycles. The third kappa shape index (κ3) is 3.87. The van der Waals surface area contributed by atoms with Crippen molar-refractivity contribution in [2.75, 3.05) is 18.9 Å². The molecule has 0 aromatic heterocycles. The summed E-state index contributed by atoms with van der Waals surface area (Å²) in [5.41, 5.74) is 0.125. The van der Waals surface area contributed by atoms with Crippen molar-refractivity contribution in [2.24, 2.45) is 5.92 Å². The second-order valence-corrected chi connectivity index (χ2v) is 5.50. The van der Waals surface area contributed by atoms with E-state index in [1.54, 1.807) is 11.9 Å². The smallest absolute Gasteiger partial charge is 0.339 e. The highest BCUT2D eigenvalue weighted by Gasteiger charge is 2.20. The van der Waals surface area contributed by atoms with E-state index in [0.717, 1.165) is 12.8 Å². The summed E-state index contributed by atoms with van der Waals surface area (Å²) >= 11 is 0. The molecule has 6 heteroatoms. The first-order chi connectivity index (χ1) is 9.97. The largest absolute Gasteiger partial charge is 0.507 e. The molecule has 21 heavy (non-hydrogen) atoms. The van der Waals surface area contributed by atoms with Gasteiger partial charge in [0.05, 0.1) is 0 Å². The Morgan fingerprint density at radius 2 is 2.00 bits per heavy atom. The number of rotatable bonds is 4. The molecule has 6 nitrogen and oxygen atoms in total. The first-order valence-electron chi connectivity index (χ1n) is 7.06. The van der Waals surface area contributed by atoms with Gasteiger partial charge < -0.3 is 20.4 Å². The number of anilines is 1. The van der Waals surface area contributed by atoms with Crippen LogP contribution in [0.2, 0.25) is 0 Å². The van der Waals surface area contributed by atoms with Gasteiger partial charge in [0.2, 0.25) is 0 Å². The van der Waals surface area contributed by atoms with Crippen molar-refractivity contribution >= 4 is 17.7 Å². The predicted octanol–water partition coefficient (Wildman–Crippen LogP) is 2.74. The standard InChI is InChI=1S/C15H20N2O4/c1-17(9-10-4-2-3-5-10)15(21)16-11-6-7-13(18)12(8-11)14(19)20/h6-8,10,18H,2-5,9H2,1H3,(H,16,21)(H,19,20). The van der Waals surface area contributed by atoms with Gasteiger partial charge >= 0.3 is 12.0 Å². The van der Waals surface area contributed by atoms with Crippen molar-refractivity contribution in [2.45, 2.75) is 25.7 Å². The van der Waals surface area contributed by atoms with E-state index in [1.165, 1.54) is 31.0 Å². The topological polar surface area (TPSA) is 89.9 Å². The molecule has 2 amide bonds. The normalized spacial score (nSPS) is 14.9. The quantitative estimate of drug-likeness (QED) is 0.744. The molecule has 1 aromatic rings. The van der Waals surface area contributed by atoms with Gasteiger partial charge in [-0.05, 0) is 37.0 Å². The fourth-order valence-corrected chi connectivity index (χ4v) is 2.67. The Balaban J connectivity index is 1.98. The minimum Gasteiger partial charge on any atom is -0.507 e. The van der Waals surface area contributed by atoms with Crippen molar-refractivity contribution in [1.29, 1.82) is 0 Å². The number of carbonyl (C=O) groups excluding carboxylic acids is 1. The lowest BCUT2D eigenvalue weighted by molar-refractivity contribution is 0.0693. The SMILES string of the molecule is CN(CC1CCCC1)C(=O)Nc1ccc(O)c(C(=O)O)c1. The van der Waals surface area contributed by atoms with Gasteiger partial charge in [0.15, 0.2) is 0 Å². The number of aromatic carboxylic acids is 1. The number of nitrogens with zero attached hydrogens (tertiary/aromatic N) is 1. The molecule has 0 spiro atoms. The van der Waals surface area contributed by atoms with Crippen LogP contribution in [0.25, 0.3) is 0 Å². The van der Waals surface area contributed by atoms with Crippen LogP contribution < -0.4 is 5.32 Å². The number of carbonyl (C=O) groups is 2. The lowest BCUT2D eigenvalue weighted by atomic mass is 10.1. The number of carboxylic acids is 1. The molecular formula is C15H20N2O4. The Kier molecular flexibility index (Phi) is 4.67. The Morgan fingerprint density at radius 1 is 1.33 bits per heavy atom. The number of hydrogen-bond donors (Lipinski definition) is 3. The summed E-state index contributed by atoms with van der Waals surface area (Å²) in [7, 11) is 1.73. The summed E-state index contributed by atoms with van der Waals surface area (Å²) in [5.74, 6) is -1.00. The molecule has 0 unspecified atom stereocenters. The molecule has 1 aliphatic rings. The molecule has 1 aliphatic carbocycles. The number of hydrogen-bond acceptors (Lipinski definition) is 3. The van der Waals surface area contributed by atoms with Crippen LogP contribution in [0.1, 0.15) is 36.0 Å². The summed E-state index contributed by atoms with van der Waals surface area (Å²) in [6, 6.07) is 3.71. The second-order valence-electron chi connectivity index (χ2n) is 5.50. The van der Waals surface area contributed by atoms with E-state index < -0.39 is 5.97 Å². The number of nitrogens with one attached hydrogen (secondary N) is 1. The van der Waals surface area contributed by atoms with Gasteiger partial charge in [-0.1, -0.05) is 12.8 Å². The molecule has 3 N–H and O–H groups in total. The number of urea groups is 1. The highest BCUT2D eigenvalue weighted by molar-refractivity contribution is 5.95. The molecular weight excluding hydrogens is 272 g/mol. The minimum atomic E-state index is -1.23. The number of carboxylic acid groups (broad SMARTS) is 1. The van der Waals surface area contributed by atoms with Crippen LogP contribution in [-0.2, 0) is 0 Å². The summed E-state index contributed by atoms with van der Waals surface area (Å²) < 4.78 is 0. The van der Waals surface area contributed by atoms with Gasteiger partial charge in [-0.2, -0.15) is 0 Å². The maximum atomic E-state index is 12.1. The maximum absolute atomic E-state index is 12.1. The zero-order valence-electron chi connectivity index (χ0n) is 12.0. The summed E-state index contributed by atoms with van der Waals surface area (Å²) in [6.45, 7) is 0.704. The molecule has 0 bridgehead atoms. The van der Waals surface area contributed by atoms with Crippen LogP contribution in [0.15, 0.2) is 18.2 Å². The van der Waals surface area contributed by atoms with E-state index in [0.29, 0.717) is 18.2 Å². The fraction of sp³-hybridized carbons (Fsp3) is 0.467. The van der Waals surface area contributed by atoms with Crippen LogP contribution in [0, 0.1) is 5.92 Å². The zero-order valence-corrected chi connectivity index (χ0v) is 12.0. The number of aromatic hydroxyl groups is 1. The Morgan fingerprint density at radius 3 is 2.62 bits per heavy atom. The van der Waals surface area contributed by atoms with Crippen LogP contribution in [0.4, 0.5) is 10.5 Å². The van der Waals surface area contributed by atoms with E-state index in [4.69, 9.17) is 5.11 Å². The minimum absolute atomic E-state index is 0.230. The van der Waals surface area contributed by atoms with Gasteiger partial charge in [-0.25, -0.2) is 9.59 Å². The third-order valence-electron chi connectivity index (χ3n) is 3.83. The monoisotopic (exact) mass is 292 g/mol. The van der Waals surface area contributed by atoms with Gasteiger partial charge in [0.1, 0.15) is 11.3 Å². The van der Waals surface area contributed by atoms with E-state index in [-0.39, 0.29) is 17.3 Å². The van der Waals surface area contributed by atoms with E-state index in [1.807, 2.05) is 0 Å². The van der Waals surface area contributed by atoms with Gasteiger partial charge in [0.25, 0.3) is 0 Å². The average Bonchev–Trinajstić information content (AvgIpc) is 2.93. The van der Waals surface area contributed by atoms with Gasteiger partial charge in [-0.3, -0.25) is 0 Å². The molecule has 114 valence electrons. The summed E-state index contributed by atoms with van der Waals surface area (Å²) in [4.78, 5) is 24.6. The summed E-state index contributed by atoms with van der Waals surface area (Å²) in [6.07, 6.45) is 4.75. The third-order valence-corrected chi connectivity index (χ3v) is 3.83. The molecule has 0 atom stereocenters. The van der Waals surface area contributed by atoms with Crippen molar-refractivity contribution < 1.29 is 19.8 Å². The Hall–Kier alpha value is -2.24. The average molecular weight is 292 g/mol. The molecule has 0 radical (unpaired) electrons. The molecule has 1 fully saturated rings. The highest BCUT2D eigenvalue weighted by atomic mass is 16.4. The Labute approximate surface area is 123 Å². The number of amides is 2. The fourth-order valence-electron chi connectivity index (χ4n) is 2.67. The van der Waals surface area contributed by atoms with Crippen LogP contribution >= 0.6 is 0 Å². The number of phenols is 1. The Bertz CT molecular complexity index is 538. The first kappa shape index (κ1) is 15.2. The molecule has 0 saturated heterocycles. The molecule has 0 heterocycles. The van der Waals surface area contributed by atoms with Crippen LogP contribution in [0.3, 0.4) is 0 Å². The van der Waals surface area contributed by atoms with E-state index in [9.17, 15) is 14.7 Å². The van der Waals surface area contributed by atoms with Crippen LogP contribution in [0.5, 0.6) is 5.75 Å². The predicted molar refractivity (Wildman–Crippen MR) is 78.7 cm³/mol. The van der Waals surface area contributed by atoms with Crippen molar-refractivity contribution in [1.82, 2.24) is 4.90 Å². The van der Waals surface area contributed by atoms with E-state index in [2.05, 4.69) is 5.32 Å². The highest BCUT2D eigenvalue weighted by Crippen LogP contribution is 2.25. The zero-order chi connectivity index (χ0) is 15.4. The summed E-state index contributed by atoms with van der Waals surface area (Å²) in [5, 5.41) is 21.0. The van der Waals surface area contributed by atoms with Crippen molar-refractivity contribution in [3.8, 4) is 5.75 Å². The number of benzene rings is 1. The lowest BCUT2D eigenvalue weighted by Crippen LogP contribution is -2.34. The molecule has 2 rings (SSSR count). The van der Waals surface area contributed by atoms with E-state index >= 15 is 0 Å². The van der Waals surface area contributed by atoms with Crippen LogP contribution in [-0.4, -0.2) is 40.7 Å². The molecule has 0 aliphatic heterocycles. The van der Waals surface area contributed by atoms with Gasteiger partial charge in [-0.15, -0.1) is 0 Å². The van der Waals surface area contributed by atoms with Crippen molar-refractivity contribution in [3.63, 3.8) is 0 Å². The second kappa shape index (κ2) is 6.47. The first-order valence-corrected chi connectivity index (χ1v) is 7.06. The van der Waals surface area contributed by atoms with Gasteiger partial charge in [0, 0.05) is 19.3 Å². The lowest BCUT2D eigenvalue weighted by Gasteiger charge is -2.21. The maximum Gasteiger partial charge on any atom is 0.339 e. The molecule has 1 saturated carbocycles. The van der Waals surface area contributed by atoms with Crippen molar-refractivity contribution in [3.05, 3.63) is 23.8 Å².